The van der Waals surface area contributed by atoms with E-state index in [2.05, 4.69) is 0 Å². The largest absolute Gasteiger partial charge is 0.501 e. The van der Waals surface area contributed by atoms with Crippen LogP contribution in [0.5, 0.6) is 0 Å². The molecule has 56 valence electrons. The SMILES string of the molecule is C1=COCC1.CC.CC. The molecule has 0 aromatic rings. The lowest BCUT2D eigenvalue weighted by molar-refractivity contribution is 0.281. The number of rotatable bonds is 0. The molecule has 0 aliphatic carbocycles. The summed E-state index contributed by atoms with van der Waals surface area (Å²) in [5, 5.41) is 0. The molecule has 1 aliphatic rings. The highest BCUT2D eigenvalue weighted by Gasteiger charge is 1.83. The normalized spacial score (nSPS) is 12.0. The Balaban J connectivity index is 0. The molecule has 0 unspecified atom stereocenters. The summed E-state index contributed by atoms with van der Waals surface area (Å²) in [6.07, 6.45) is 4.85. The Labute approximate surface area is 58.7 Å². The molecule has 0 spiro atoms. The van der Waals surface area contributed by atoms with Crippen LogP contribution in [0.2, 0.25) is 0 Å². The van der Waals surface area contributed by atoms with Crippen LogP contribution < -0.4 is 0 Å². The van der Waals surface area contributed by atoms with Gasteiger partial charge < -0.3 is 4.74 Å². The van der Waals surface area contributed by atoms with Crippen molar-refractivity contribution in [3.63, 3.8) is 0 Å². The Kier molecular flexibility index (Phi) is 19.7. The van der Waals surface area contributed by atoms with Crippen molar-refractivity contribution in [3.05, 3.63) is 12.3 Å². The van der Waals surface area contributed by atoms with E-state index in [1.807, 2.05) is 33.8 Å². The number of ether oxygens (including phenoxy) is 1. The average Bonchev–Trinajstić information content (AvgIpc) is 2.51. The van der Waals surface area contributed by atoms with Gasteiger partial charge in [0.1, 0.15) is 0 Å². The molecular formula is C8H18O. The Hall–Kier alpha value is -0.460. The first kappa shape index (κ1) is 11.4. The fraction of sp³-hybridized carbons (Fsp3) is 0.750. The van der Waals surface area contributed by atoms with Crippen molar-refractivity contribution in [2.24, 2.45) is 0 Å². The summed E-state index contributed by atoms with van der Waals surface area (Å²) in [6, 6.07) is 0. The average molecular weight is 130 g/mol. The Morgan fingerprint density at radius 3 is 1.78 bits per heavy atom. The predicted molar refractivity (Wildman–Crippen MR) is 42.4 cm³/mol. The minimum absolute atomic E-state index is 0.889. The van der Waals surface area contributed by atoms with Crippen molar-refractivity contribution in [2.45, 2.75) is 34.1 Å². The van der Waals surface area contributed by atoms with Crippen LogP contribution in [0, 0.1) is 0 Å². The Morgan fingerprint density at radius 1 is 1.11 bits per heavy atom. The zero-order chi connectivity index (χ0) is 7.54. The molecule has 1 rings (SSSR count). The molecule has 0 amide bonds. The van der Waals surface area contributed by atoms with Crippen LogP contribution >= 0.6 is 0 Å². The molecule has 0 fully saturated rings. The minimum Gasteiger partial charge on any atom is -0.501 e. The summed E-state index contributed by atoms with van der Waals surface area (Å²) in [4.78, 5) is 0. The van der Waals surface area contributed by atoms with Crippen molar-refractivity contribution in [1.29, 1.82) is 0 Å². The van der Waals surface area contributed by atoms with Crippen LogP contribution in [-0.2, 0) is 4.74 Å². The van der Waals surface area contributed by atoms with Crippen LogP contribution in [0.25, 0.3) is 0 Å². The van der Waals surface area contributed by atoms with Gasteiger partial charge in [-0.05, 0) is 6.08 Å². The zero-order valence-electron chi connectivity index (χ0n) is 6.98. The van der Waals surface area contributed by atoms with Gasteiger partial charge in [-0.25, -0.2) is 0 Å². The summed E-state index contributed by atoms with van der Waals surface area (Å²) >= 11 is 0. The van der Waals surface area contributed by atoms with E-state index < -0.39 is 0 Å². The third-order valence-corrected chi connectivity index (χ3v) is 0.595. The van der Waals surface area contributed by atoms with E-state index >= 15 is 0 Å². The molecular weight excluding hydrogens is 112 g/mol. The molecule has 1 aliphatic heterocycles. The van der Waals surface area contributed by atoms with Crippen LogP contribution in [-0.4, -0.2) is 6.61 Å². The third-order valence-electron chi connectivity index (χ3n) is 0.595. The van der Waals surface area contributed by atoms with Gasteiger partial charge in [0.2, 0.25) is 0 Å². The quantitative estimate of drug-likeness (QED) is 0.490. The molecule has 0 N–H and O–H groups in total. The smallest absolute Gasteiger partial charge is 0.0908 e. The first-order valence-corrected chi connectivity index (χ1v) is 3.77. The van der Waals surface area contributed by atoms with E-state index in [4.69, 9.17) is 4.74 Å². The molecule has 1 nitrogen and oxygen atoms in total. The summed E-state index contributed by atoms with van der Waals surface area (Å²) in [6.45, 7) is 8.89. The van der Waals surface area contributed by atoms with E-state index in [0.717, 1.165) is 13.0 Å². The zero-order valence-corrected chi connectivity index (χ0v) is 6.98. The maximum atomic E-state index is 4.76. The molecule has 9 heavy (non-hydrogen) atoms. The molecule has 0 atom stereocenters. The summed E-state index contributed by atoms with van der Waals surface area (Å²) in [7, 11) is 0. The van der Waals surface area contributed by atoms with E-state index in [1.54, 1.807) is 6.26 Å². The second kappa shape index (κ2) is 15.6. The van der Waals surface area contributed by atoms with Gasteiger partial charge in [-0.1, -0.05) is 27.7 Å². The van der Waals surface area contributed by atoms with Gasteiger partial charge in [-0.15, -0.1) is 0 Å². The molecule has 0 saturated carbocycles. The van der Waals surface area contributed by atoms with Crippen LogP contribution in [0.3, 0.4) is 0 Å². The molecule has 0 radical (unpaired) electrons. The van der Waals surface area contributed by atoms with Gasteiger partial charge in [0.25, 0.3) is 0 Å². The molecule has 0 aromatic carbocycles. The van der Waals surface area contributed by atoms with Crippen molar-refractivity contribution in [3.8, 4) is 0 Å². The molecule has 0 aromatic heterocycles. The molecule has 1 heteroatoms. The summed E-state index contributed by atoms with van der Waals surface area (Å²) in [5.41, 5.74) is 0. The van der Waals surface area contributed by atoms with Gasteiger partial charge in [-0.3, -0.25) is 0 Å². The topological polar surface area (TPSA) is 9.23 Å². The van der Waals surface area contributed by atoms with Crippen LogP contribution in [0.4, 0.5) is 0 Å². The number of hydrogen-bond acceptors (Lipinski definition) is 1. The fourth-order valence-corrected chi connectivity index (χ4v) is 0.340. The second-order valence-electron chi connectivity index (χ2n) is 1.03. The molecule has 1 heterocycles. The van der Waals surface area contributed by atoms with Crippen molar-refractivity contribution in [1.82, 2.24) is 0 Å². The van der Waals surface area contributed by atoms with Crippen molar-refractivity contribution in [2.75, 3.05) is 6.61 Å². The van der Waals surface area contributed by atoms with Gasteiger partial charge in [0, 0.05) is 6.42 Å². The first-order valence-electron chi connectivity index (χ1n) is 3.77. The van der Waals surface area contributed by atoms with E-state index in [-0.39, 0.29) is 0 Å². The summed E-state index contributed by atoms with van der Waals surface area (Å²) in [5.74, 6) is 0. The highest BCUT2D eigenvalue weighted by molar-refractivity contribution is 4.78. The second-order valence-corrected chi connectivity index (χ2v) is 1.03. The van der Waals surface area contributed by atoms with Crippen LogP contribution in [0.1, 0.15) is 34.1 Å². The molecule has 0 saturated heterocycles. The fourth-order valence-electron chi connectivity index (χ4n) is 0.340. The lowest BCUT2D eigenvalue weighted by atomic mass is 10.5. The Morgan fingerprint density at radius 2 is 1.67 bits per heavy atom. The van der Waals surface area contributed by atoms with Gasteiger partial charge in [0.15, 0.2) is 0 Å². The molecule has 0 bridgehead atoms. The van der Waals surface area contributed by atoms with Gasteiger partial charge in [0.05, 0.1) is 12.9 Å². The van der Waals surface area contributed by atoms with Gasteiger partial charge >= 0.3 is 0 Å². The monoisotopic (exact) mass is 130 g/mol. The van der Waals surface area contributed by atoms with E-state index in [0.29, 0.717) is 0 Å². The van der Waals surface area contributed by atoms with E-state index in [1.165, 1.54) is 0 Å². The lowest BCUT2D eigenvalue weighted by Crippen LogP contribution is -1.70. The Bertz CT molecular complexity index is 42.5. The summed E-state index contributed by atoms with van der Waals surface area (Å²) < 4.78 is 4.76. The van der Waals surface area contributed by atoms with E-state index in [9.17, 15) is 0 Å². The lowest BCUT2D eigenvalue weighted by Gasteiger charge is -1.79. The third kappa shape index (κ3) is 11.2. The maximum absolute atomic E-state index is 4.76. The highest BCUT2D eigenvalue weighted by Crippen LogP contribution is 1.93. The van der Waals surface area contributed by atoms with Crippen LogP contribution in [0.15, 0.2) is 12.3 Å². The van der Waals surface area contributed by atoms with Gasteiger partial charge in [-0.2, -0.15) is 0 Å². The first-order chi connectivity index (χ1) is 4.50. The highest BCUT2D eigenvalue weighted by atomic mass is 16.5. The van der Waals surface area contributed by atoms with Crippen molar-refractivity contribution >= 4 is 0 Å². The van der Waals surface area contributed by atoms with Crippen molar-refractivity contribution < 1.29 is 4.74 Å². The predicted octanol–water partition coefficient (Wildman–Crippen LogP) is 2.97. The standard InChI is InChI=1S/C4H6O.2C2H6/c1-2-4-5-3-1;2*1-2/h1,3H,2,4H2;2*1-2H3. The minimum atomic E-state index is 0.889. The maximum Gasteiger partial charge on any atom is 0.0908 e. The number of hydrogen-bond donors (Lipinski definition) is 0.